The quantitative estimate of drug-likeness (QED) is 0.684. The predicted molar refractivity (Wildman–Crippen MR) is 105 cm³/mol. The Hall–Kier alpha value is -1.58. The molecule has 3 rings (SSSR count). The van der Waals surface area contributed by atoms with Gasteiger partial charge >= 0.3 is 7.12 Å². The fraction of sp³-hybridized carbons (Fsp3) is 0.455. The van der Waals surface area contributed by atoms with E-state index in [1.165, 1.54) is 22.3 Å². The topological polar surface area (TPSA) is 18.5 Å². The highest BCUT2D eigenvalue weighted by atomic mass is 16.7. The second-order valence-electron chi connectivity index (χ2n) is 8.24. The van der Waals surface area contributed by atoms with Crippen LogP contribution in [0.1, 0.15) is 55.9 Å². The third-order valence-corrected chi connectivity index (χ3v) is 5.73. The van der Waals surface area contributed by atoms with Gasteiger partial charge in [-0.2, -0.15) is 0 Å². The van der Waals surface area contributed by atoms with Gasteiger partial charge in [0.05, 0.1) is 11.2 Å². The Bertz CT molecular complexity index is 721. The van der Waals surface area contributed by atoms with Crippen LogP contribution in [0.5, 0.6) is 0 Å². The van der Waals surface area contributed by atoms with Gasteiger partial charge in [0.2, 0.25) is 0 Å². The number of hydrogen-bond donors (Lipinski definition) is 0. The van der Waals surface area contributed by atoms with Crippen molar-refractivity contribution < 1.29 is 9.31 Å². The molecule has 0 amide bonds. The molecule has 0 aliphatic carbocycles. The first-order valence-electron chi connectivity index (χ1n) is 9.17. The molecule has 2 aromatic rings. The SMILES string of the molecule is Cc1ccc([C@H](CB2OC(C)(C)C(C)(C)O2)c2ccccc2)c(C)c1. The molecule has 1 fully saturated rings. The second-order valence-corrected chi connectivity index (χ2v) is 8.24. The summed E-state index contributed by atoms with van der Waals surface area (Å²) in [5, 5.41) is 0. The van der Waals surface area contributed by atoms with Crippen molar-refractivity contribution in [3.8, 4) is 0 Å². The molecule has 0 saturated carbocycles. The highest BCUT2D eigenvalue weighted by Crippen LogP contribution is 2.41. The van der Waals surface area contributed by atoms with Gasteiger partial charge in [0.15, 0.2) is 0 Å². The minimum atomic E-state index is -0.290. The van der Waals surface area contributed by atoms with Gasteiger partial charge in [-0.3, -0.25) is 0 Å². The molecule has 0 aromatic heterocycles. The van der Waals surface area contributed by atoms with Gasteiger partial charge < -0.3 is 9.31 Å². The standard InChI is InChI=1S/C22H29BO2/c1-16-12-13-19(17(2)14-16)20(18-10-8-7-9-11-18)15-23-24-21(3,4)22(5,6)25-23/h7-14,20H,15H2,1-6H3/t20-/m1/s1. The van der Waals surface area contributed by atoms with E-state index in [2.05, 4.69) is 90.1 Å². The molecule has 132 valence electrons. The summed E-state index contributed by atoms with van der Waals surface area (Å²) in [5.41, 5.74) is 4.70. The predicted octanol–water partition coefficient (Wildman–Crippen LogP) is 5.53. The molecule has 2 nitrogen and oxygen atoms in total. The van der Waals surface area contributed by atoms with Crippen LogP contribution in [0.2, 0.25) is 6.32 Å². The summed E-state index contributed by atoms with van der Waals surface area (Å²) in [5.74, 6) is 0.261. The maximum Gasteiger partial charge on any atom is 0.458 e. The van der Waals surface area contributed by atoms with Gasteiger partial charge in [-0.05, 0) is 64.6 Å². The Morgan fingerprint density at radius 2 is 1.48 bits per heavy atom. The first-order valence-corrected chi connectivity index (χ1v) is 9.17. The number of benzene rings is 2. The van der Waals surface area contributed by atoms with Crippen molar-refractivity contribution in [1.82, 2.24) is 0 Å². The van der Waals surface area contributed by atoms with Crippen molar-refractivity contribution in [2.45, 2.75) is 65.0 Å². The van der Waals surface area contributed by atoms with E-state index in [1.54, 1.807) is 0 Å². The van der Waals surface area contributed by atoms with Gasteiger partial charge in [-0.25, -0.2) is 0 Å². The lowest BCUT2D eigenvalue weighted by Gasteiger charge is -2.32. The molecule has 1 atom stereocenters. The van der Waals surface area contributed by atoms with E-state index in [9.17, 15) is 0 Å². The maximum absolute atomic E-state index is 6.28. The van der Waals surface area contributed by atoms with Crippen molar-refractivity contribution in [2.75, 3.05) is 0 Å². The van der Waals surface area contributed by atoms with Crippen LogP contribution in [0.4, 0.5) is 0 Å². The largest absolute Gasteiger partial charge is 0.458 e. The minimum absolute atomic E-state index is 0.198. The molecule has 1 aliphatic heterocycles. The molecule has 0 unspecified atom stereocenters. The number of aryl methyl sites for hydroxylation is 2. The smallest absolute Gasteiger partial charge is 0.403 e. The molecule has 1 aliphatic rings. The molecule has 3 heteroatoms. The molecule has 25 heavy (non-hydrogen) atoms. The van der Waals surface area contributed by atoms with Crippen LogP contribution in [-0.4, -0.2) is 18.3 Å². The molecular formula is C22H29BO2. The molecule has 0 spiro atoms. The van der Waals surface area contributed by atoms with Gasteiger partial charge in [0, 0.05) is 5.92 Å². The van der Waals surface area contributed by atoms with Crippen molar-refractivity contribution in [3.63, 3.8) is 0 Å². The normalized spacial score (nSPS) is 19.8. The lowest BCUT2D eigenvalue weighted by atomic mass is 9.71. The van der Waals surface area contributed by atoms with E-state index in [4.69, 9.17) is 9.31 Å². The highest BCUT2D eigenvalue weighted by Gasteiger charge is 2.51. The summed E-state index contributed by atoms with van der Waals surface area (Å²) in [6, 6.07) is 17.4. The van der Waals surface area contributed by atoms with Crippen LogP contribution in [-0.2, 0) is 9.31 Å². The Morgan fingerprint density at radius 1 is 0.880 bits per heavy atom. The Morgan fingerprint density at radius 3 is 2.04 bits per heavy atom. The summed E-state index contributed by atoms with van der Waals surface area (Å²) in [4.78, 5) is 0. The minimum Gasteiger partial charge on any atom is -0.403 e. The number of hydrogen-bond acceptors (Lipinski definition) is 2. The summed E-state index contributed by atoms with van der Waals surface area (Å²) in [7, 11) is -0.198. The van der Waals surface area contributed by atoms with Gasteiger partial charge in [0.1, 0.15) is 0 Å². The van der Waals surface area contributed by atoms with Gasteiger partial charge in [-0.1, -0.05) is 54.1 Å². The Balaban J connectivity index is 1.93. The van der Waals surface area contributed by atoms with E-state index >= 15 is 0 Å². The summed E-state index contributed by atoms with van der Waals surface area (Å²) < 4.78 is 12.6. The lowest BCUT2D eigenvalue weighted by molar-refractivity contribution is 0.00578. The van der Waals surface area contributed by atoms with E-state index in [0.29, 0.717) is 0 Å². The monoisotopic (exact) mass is 336 g/mol. The maximum atomic E-state index is 6.28. The van der Waals surface area contributed by atoms with Crippen LogP contribution in [0.3, 0.4) is 0 Å². The van der Waals surface area contributed by atoms with Crippen molar-refractivity contribution in [3.05, 3.63) is 70.8 Å². The zero-order chi connectivity index (χ0) is 18.2. The summed E-state index contributed by atoms with van der Waals surface area (Å²) in [6.07, 6.45) is 0.820. The average Bonchev–Trinajstić information content (AvgIpc) is 2.73. The zero-order valence-electron chi connectivity index (χ0n) is 16.3. The molecule has 0 radical (unpaired) electrons. The lowest BCUT2D eigenvalue weighted by Crippen LogP contribution is -2.41. The zero-order valence-corrected chi connectivity index (χ0v) is 16.3. The van der Waals surface area contributed by atoms with E-state index < -0.39 is 0 Å². The molecular weight excluding hydrogens is 307 g/mol. The number of rotatable bonds is 4. The van der Waals surface area contributed by atoms with E-state index in [-0.39, 0.29) is 24.2 Å². The van der Waals surface area contributed by atoms with Crippen molar-refractivity contribution >= 4 is 7.12 Å². The highest BCUT2D eigenvalue weighted by molar-refractivity contribution is 6.45. The van der Waals surface area contributed by atoms with Crippen molar-refractivity contribution in [1.29, 1.82) is 0 Å². The van der Waals surface area contributed by atoms with E-state index in [1.807, 2.05) is 0 Å². The van der Waals surface area contributed by atoms with Crippen LogP contribution in [0, 0.1) is 13.8 Å². The first kappa shape index (κ1) is 18.2. The fourth-order valence-corrected chi connectivity index (χ4v) is 3.60. The summed E-state index contributed by atoms with van der Waals surface area (Å²) in [6.45, 7) is 12.8. The fourth-order valence-electron chi connectivity index (χ4n) is 3.60. The van der Waals surface area contributed by atoms with Crippen LogP contribution in [0.15, 0.2) is 48.5 Å². The molecule has 1 heterocycles. The third kappa shape index (κ3) is 3.68. The van der Waals surface area contributed by atoms with Crippen LogP contribution in [0.25, 0.3) is 0 Å². The average molecular weight is 336 g/mol. The second kappa shape index (κ2) is 6.62. The van der Waals surface area contributed by atoms with Crippen molar-refractivity contribution in [2.24, 2.45) is 0 Å². The molecule has 2 aromatic carbocycles. The Labute approximate surface area is 152 Å². The van der Waals surface area contributed by atoms with E-state index in [0.717, 1.165) is 6.32 Å². The molecule has 0 N–H and O–H groups in total. The van der Waals surface area contributed by atoms with Crippen LogP contribution < -0.4 is 0 Å². The van der Waals surface area contributed by atoms with Crippen LogP contribution >= 0.6 is 0 Å². The molecule has 1 saturated heterocycles. The summed E-state index contributed by atoms with van der Waals surface area (Å²) >= 11 is 0. The Kier molecular flexibility index (Phi) is 4.83. The third-order valence-electron chi connectivity index (χ3n) is 5.73. The van der Waals surface area contributed by atoms with Gasteiger partial charge in [-0.15, -0.1) is 0 Å². The first-order chi connectivity index (χ1) is 11.7. The van der Waals surface area contributed by atoms with Gasteiger partial charge in [0.25, 0.3) is 0 Å². The molecule has 0 bridgehead atoms.